The normalized spacial score (nSPS) is 15.9. The number of amides is 2. The van der Waals surface area contributed by atoms with Gasteiger partial charge in [-0.15, -0.1) is 22.7 Å². The number of hydrogen-bond acceptors (Lipinski definition) is 12. The van der Waals surface area contributed by atoms with Gasteiger partial charge in [-0.1, -0.05) is 48.0 Å². The molecule has 0 spiro atoms. The summed E-state index contributed by atoms with van der Waals surface area (Å²) in [7, 11) is 0. The third-order valence-corrected chi connectivity index (χ3v) is 10.0. The summed E-state index contributed by atoms with van der Waals surface area (Å²) in [6, 6.07) is 0. The quantitative estimate of drug-likeness (QED) is 0.425. The fraction of sp³-hybridized carbons (Fsp3) is 0.524. The summed E-state index contributed by atoms with van der Waals surface area (Å²) < 4.78 is 12.1. The highest BCUT2D eigenvalue weighted by Gasteiger charge is 2.17. The third kappa shape index (κ3) is 9.38. The molecule has 2 aliphatic rings. The molecule has 0 saturated carbocycles. The number of hydrogen-bond donors (Lipinski definition) is 2. The summed E-state index contributed by atoms with van der Waals surface area (Å²) in [4.78, 5) is 39.4. The van der Waals surface area contributed by atoms with Crippen LogP contribution in [-0.2, 0) is 25.5 Å². The first-order valence-electron chi connectivity index (χ1n) is 11.4. The van der Waals surface area contributed by atoms with Crippen molar-refractivity contribution in [3.05, 3.63) is 22.1 Å². The van der Waals surface area contributed by atoms with E-state index in [4.69, 9.17) is 33.9 Å². The minimum Gasteiger partial charge on any atom is -0.378 e. The number of ether oxygens (including phenoxy) is 2. The predicted octanol–water partition coefficient (Wildman–Crippen LogP) is 2.77. The maximum Gasteiger partial charge on any atom is 0.236 e. The van der Waals surface area contributed by atoms with Crippen LogP contribution in [0.25, 0.3) is 0 Å². The second-order valence-electron chi connectivity index (χ2n) is 7.84. The van der Waals surface area contributed by atoms with Crippen LogP contribution in [0.3, 0.4) is 0 Å². The highest BCUT2D eigenvalue weighted by atomic mass is 32.2. The molecule has 2 amide bonds. The van der Waals surface area contributed by atoms with Crippen molar-refractivity contribution >= 4 is 101 Å². The fourth-order valence-electron chi connectivity index (χ4n) is 3.31. The van der Waals surface area contributed by atoms with Crippen molar-refractivity contribution in [2.75, 3.05) is 74.7 Å². The number of thiocarbonyl (C=S) groups is 2. The molecule has 200 valence electrons. The number of carbonyl (C=O) groups excluding carboxylic acids is 2. The summed E-state index contributed by atoms with van der Waals surface area (Å²) in [5.41, 5.74) is 0. The van der Waals surface area contributed by atoms with Crippen LogP contribution in [0, 0.1) is 0 Å². The minimum absolute atomic E-state index is 0.143. The van der Waals surface area contributed by atoms with E-state index in [2.05, 4.69) is 30.4 Å². The molecule has 0 bridgehead atoms. The molecule has 2 aromatic rings. The van der Waals surface area contributed by atoms with E-state index in [1.165, 1.54) is 46.2 Å². The van der Waals surface area contributed by atoms with E-state index < -0.39 is 0 Å². The number of nitrogens with one attached hydrogen (secondary N) is 2. The van der Waals surface area contributed by atoms with Gasteiger partial charge >= 0.3 is 0 Å². The highest BCUT2D eigenvalue weighted by Crippen LogP contribution is 2.26. The maximum absolute atomic E-state index is 12.3. The lowest BCUT2D eigenvalue weighted by Crippen LogP contribution is -2.39. The predicted molar refractivity (Wildman–Crippen MR) is 159 cm³/mol. The van der Waals surface area contributed by atoms with Gasteiger partial charge < -0.3 is 29.9 Å². The van der Waals surface area contributed by atoms with Gasteiger partial charge in [-0.05, 0) is 0 Å². The lowest BCUT2D eigenvalue weighted by Gasteiger charge is -2.28. The number of thiazole rings is 2. The van der Waals surface area contributed by atoms with E-state index in [0.29, 0.717) is 51.8 Å². The second kappa shape index (κ2) is 14.7. The fourth-order valence-corrected chi connectivity index (χ4v) is 7.20. The third-order valence-electron chi connectivity index (χ3n) is 5.14. The molecule has 0 atom stereocenters. The Labute approximate surface area is 242 Å². The van der Waals surface area contributed by atoms with Crippen molar-refractivity contribution in [2.45, 2.75) is 6.42 Å². The van der Waals surface area contributed by atoms with E-state index in [-0.39, 0.29) is 23.3 Å². The van der Waals surface area contributed by atoms with E-state index in [9.17, 15) is 9.59 Å². The Bertz CT molecular complexity index is 1010. The van der Waals surface area contributed by atoms with Gasteiger partial charge in [0, 0.05) is 54.7 Å². The molecule has 2 fully saturated rings. The molecule has 2 N–H and O–H groups in total. The van der Waals surface area contributed by atoms with E-state index in [0.717, 1.165) is 35.9 Å². The van der Waals surface area contributed by atoms with Crippen LogP contribution in [-0.4, -0.2) is 104 Å². The van der Waals surface area contributed by atoms with Gasteiger partial charge in [0.1, 0.15) is 8.64 Å². The Hall–Kier alpha value is -1.40. The number of morpholine rings is 2. The summed E-state index contributed by atoms with van der Waals surface area (Å²) in [5.74, 6) is 0.183. The number of rotatable bonds is 8. The number of nitrogens with zero attached hydrogens (tertiary/aromatic N) is 4. The molecular weight excluding hydrogens is 593 g/mol. The van der Waals surface area contributed by atoms with Crippen molar-refractivity contribution in [3.63, 3.8) is 0 Å². The van der Waals surface area contributed by atoms with Crippen LogP contribution in [0.2, 0.25) is 0 Å². The van der Waals surface area contributed by atoms with Gasteiger partial charge in [-0.25, -0.2) is 9.97 Å². The molecule has 0 unspecified atom stereocenters. The molecule has 10 nitrogen and oxygen atoms in total. The van der Waals surface area contributed by atoms with Crippen molar-refractivity contribution in [3.8, 4) is 0 Å². The Morgan fingerprint density at radius 1 is 0.811 bits per heavy atom. The lowest BCUT2D eigenvalue weighted by atomic mass is 10.3. The van der Waals surface area contributed by atoms with Gasteiger partial charge in [0.15, 0.2) is 10.3 Å². The molecule has 2 aliphatic heterocycles. The molecule has 2 saturated heterocycles. The maximum atomic E-state index is 12.3. The number of carbonyl (C=O) groups is 2. The van der Waals surface area contributed by atoms with Crippen molar-refractivity contribution in [2.24, 2.45) is 0 Å². The van der Waals surface area contributed by atoms with Crippen LogP contribution >= 0.6 is 70.6 Å². The van der Waals surface area contributed by atoms with Gasteiger partial charge in [0.25, 0.3) is 0 Å². The molecule has 0 aliphatic carbocycles. The van der Waals surface area contributed by atoms with Gasteiger partial charge in [-0.3, -0.25) is 9.59 Å². The Morgan fingerprint density at radius 3 is 1.62 bits per heavy atom. The van der Waals surface area contributed by atoms with Crippen molar-refractivity contribution < 1.29 is 19.1 Å². The molecule has 4 rings (SSSR count). The summed E-state index contributed by atoms with van der Waals surface area (Å²) in [6.07, 6.45) is 4.10. The van der Waals surface area contributed by atoms with Crippen molar-refractivity contribution in [1.82, 2.24) is 19.8 Å². The Kier molecular flexibility index (Phi) is 11.3. The molecular formula is C21H26N6O4S6. The molecule has 0 aromatic carbocycles. The highest BCUT2D eigenvalue weighted by molar-refractivity contribution is 8.23. The van der Waals surface area contributed by atoms with Crippen LogP contribution in [0.5, 0.6) is 0 Å². The van der Waals surface area contributed by atoms with Gasteiger partial charge in [-0.2, -0.15) is 0 Å². The Morgan fingerprint density at radius 2 is 1.22 bits per heavy atom. The van der Waals surface area contributed by atoms with Crippen LogP contribution in [0.15, 0.2) is 12.4 Å². The zero-order chi connectivity index (χ0) is 26.0. The zero-order valence-corrected chi connectivity index (χ0v) is 24.7. The first-order chi connectivity index (χ1) is 18.0. The van der Waals surface area contributed by atoms with Crippen LogP contribution in [0.1, 0.15) is 9.75 Å². The largest absolute Gasteiger partial charge is 0.378 e. The average molecular weight is 619 g/mol. The summed E-state index contributed by atoms with van der Waals surface area (Å²) >= 11 is 16.3. The van der Waals surface area contributed by atoms with Gasteiger partial charge in [0.2, 0.25) is 11.8 Å². The molecule has 4 heterocycles. The molecule has 16 heteroatoms. The van der Waals surface area contributed by atoms with Crippen LogP contribution in [0.4, 0.5) is 10.3 Å². The monoisotopic (exact) mass is 618 g/mol. The van der Waals surface area contributed by atoms with Crippen molar-refractivity contribution in [1.29, 1.82) is 0 Å². The number of thioether (sulfide) groups is 2. The van der Waals surface area contributed by atoms with E-state index in [1.807, 2.05) is 0 Å². The average Bonchev–Trinajstić information content (AvgIpc) is 3.55. The molecule has 0 radical (unpaired) electrons. The topological polar surface area (TPSA) is 109 Å². The number of anilines is 2. The summed E-state index contributed by atoms with van der Waals surface area (Å²) in [5, 5.41) is 6.76. The minimum atomic E-state index is -0.143. The molecule has 2 aromatic heterocycles. The standard InChI is InChI=1S/C21H26N6O4S6/c28-16(12-34-20(32)26-1-5-30-6-2-26)24-18-22-10-14(36-18)9-15-11-23-19(37-15)25-17(29)13-35-21(33)27-3-7-31-8-4-27/h10-11H,1-9,12-13H2,(H,22,24,28)(H,23,25,29). The van der Waals surface area contributed by atoms with E-state index >= 15 is 0 Å². The zero-order valence-electron chi connectivity index (χ0n) is 19.8. The summed E-state index contributed by atoms with van der Waals surface area (Å²) in [6.45, 7) is 5.67. The van der Waals surface area contributed by atoms with Crippen LogP contribution < -0.4 is 10.6 Å². The van der Waals surface area contributed by atoms with Gasteiger partial charge in [0.05, 0.1) is 37.9 Å². The second-order valence-corrected chi connectivity index (χ2v) is 13.3. The Balaban J connectivity index is 1.16. The first-order valence-corrected chi connectivity index (χ1v) is 15.9. The van der Waals surface area contributed by atoms with E-state index in [1.54, 1.807) is 12.4 Å². The smallest absolute Gasteiger partial charge is 0.236 e. The SMILES string of the molecule is O=C(CSC(=S)N1CCOCC1)Nc1ncc(Cc2cnc(NC(=O)CSC(=S)N3CCOCC3)s2)s1. The first kappa shape index (κ1) is 28.6. The molecule has 37 heavy (non-hydrogen) atoms. The number of aromatic nitrogens is 2. The lowest BCUT2D eigenvalue weighted by molar-refractivity contribution is -0.114.